The number of urea groups is 1. The summed E-state index contributed by atoms with van der Waals surface area (Å²) in [5.74, 6) is 0.626. The van der Waals surface area contributed by atoms with Crippen molar-refractivity contribution in [1.82, 2.24) is 9.80 Å². The molecule has 1 aromatic carbocycles. The Bertz CT molecular complexity index is 618. The molecule has 2 fully saturated rings. The number of hydrogen-bond acceptors (Lipinski definition) is 3. The summed E-state index contributed by atoms with van der Waals surface area (Å²) < 4.78 is 0. The lowest BCUT2D eigenvalue weighted by Crippen LogP contribution is -2.50. The maximum atomic E-state index is 12.9. The molecule has 150 valence electrons. The minimum absolute atomic E-state index is 0. The molecule has 3 amide bonds. The van der Waals surface area contributed by atoms with Crippen LogP contribution in [0.4, 0.5) is 10.5 Å². The fourth-order valence-corrected chi connectivity index (χ4v) is 3.99. The third-order valence-corrected chi connectivity index (χ3v) is 5.68. The molecule has 7 heteroatoms. The average Bonchev–Trinajstić information content (AvgIpc) is 2.68. The number of amides is 3. The van der Waals surface area contributed by atoms with Crippen molar-refractivity contribution in [2.45, 2.75) is 38.6 Å². The number of likely N-dealkylation sites (tertiary alicyclic amines) is 2. The van der Waals surface area contributed by atoms with Crippen molar-refractivity contribution in [1.29, 1.82) is 0 Å². The second kappa shape index (κ2) is 9.95. The predicted molar refractivity (Wildman–Crippen MR) is 110 cm³/mol. The van der Waals surface area contributed by atoms with Crippen LogP contribution >= 0.6 is 12.4 Å². The molecule has 0 radical (unpaired) electrons. The van der Waals surface area contributed by atoms with Crippen LogP contribution in [0.3, 0.4) is 0 Å². The van der Waals surface area contributed by atoms with Gasteiger partial charge in [-0.05, 0) is 50.7 Å². The Kier molecular flexibility index (Phi) is 7.92. The number of nitrogens with two attached hydrogens (primary N) is 1. The average molecular weight is 395 g/mol. The first-order valence-corrected chi connectivity index (χ1v) is 9.70. The number of carbonyl (C=O) groups is 2. The van der Waals surface area contributed by atoms with Gasteiger partial charge in [0.1, 0.15) is 0 Å². The van der Waals surface area contributed by atoms with Crippen molar-refractivity contribution >= 4 is 30.0 Å². The number of nitrogens with zero attached hydrogens (tertiary/aromatic N) is 2. The van der Waals surface area contributed by atoms with Gasteiger partial charge in [0, 0.05) is 37.9 Å². The van der Waals surface area contributed by atoms with Gasteiger partial charge >= 0.3 is 6.03 Å². The second-order valence-electron chi connectivity index (χ2n) is 7.60. The molecule has 0 aliphatic carbocycles. The predicted octanol–water partition coefficient (Wildman–Crippen LogP) is 2.94. The van der Waals surface area contributed by atoms with Crippen LogP contribution in [-0.2, 0) is 4.79 Å². The maximum Gasteiger partial charge on any atom is 0.321 e. The van der Waals surface area contributed by atoms with Crippen LogP contribution in [0.5, 0.6) is 0 Å². The van der Waals surface area contributed by atoms with E-state index in [1.807, 2.05) is 42.2 Å². The number of halogens is 1. The zero-order valence-corrected chi connectivity index (χ0v) is 16.8. The Hall–Kier alpha value is -1.79. The van der Waals surface area contributed by atoms with Crippen molar-refractivity contribution < 1.29 is 9.59 Å². The molecule has 3 N–H and O–H groups in total. The van der Waals surface area contributed by atoms with Gasteiger partial charge in [0.25, 0.3) is 0 Å². The van der Waals surface area contributed by atoms with E-state index in [-0.39, 0.29) is 36.3 Å². The van der Waals surface area contributed by atoms with E-state index in [0.717, 1.165) is 44.5 Å². The molecular formula is C20H31ClN4O2. The lowest BCUT2D eigenvalue weighted by Gasteiger charge is -2.38. The van der Waals surface area contributed by atoms with Gasteiger partial charge in [-0.1, -0.05) is 18.2 Å². The molecule has 27 heavy (non-hydrogen) atoms. The first kappa shape index (κ1) is 21.5. The van der Waals surface area contributed by atoms with Gasteiger partial charge in [-0.25, -0.2) is 4.79 Å². The van der Waals surface area contributed by atoms with Crippen molar-refractivity contribution in [3.8, 4) is 0 Å². The quantitative estimate of drug-likeness (QED) is 0.827. The van der Waals surface area contributed by atoms with Gasteiger partial charge in [-0.15, -0.1) is 12.4 Å². The van der Waals surface area contributed by atoms with Gasteiger partial charge in [-0.2, -0.15) is 0 Å². The highest BCUT2D eigenvalue weighted by atomic mass is 35.5. The molecule has 2 aliphatic heterocycles. The summed E-state index contributed by atoms with van der Waals surface area (Å²) in [6, 6.07) is 9.51. The Morgan fingerprint density at radius 2 is 1.74 bits per heavy atom. The van der Waals surface area contributed by atoms with Crippen LogP contribution < -0.4 is 11.1 Å². The smallest absolute Gasteiger partial charge is 0.321 e. The number of benzene rings is 1. The molecule has 2 heterocycles. The summed E-state index contributed by atoms with van der Waals surface area (Å²) in [6.45, 7) is 4.84. The highest BCUT2D eigenvalue weighted by Crippen LogP contribution is 2.24. The first-order chi connectivity index (χ1) is 12.5. The zero-order valence-electron chi connectivity index (χ0n) is 16.0. The van der Waals surface area contributed by atoms with Crippen LogP contribution in [0, 0.1) is 11.8 Å². The fourth-order valence-electron chi connectivity index (χ4n) is 3.99. The third-order valence-electron chi connectivity index (χ3n) is 5.68. The molecule has 6 nitrogen and oxygen atoms in total. The number of rotatable bonds is 3. The van der Waals surface area contributed by atoms with Gasteiger partial charge in [-0.3, -0.25) is 4.79 Å². The maximum absolute atomic E-state index is 12.9. The van der Waals surface area contributed by atoms with Crippen LogP contribution in [0.25, 0.3) is 0 Å². The molecule has 0 aromatic heterocycles. The fraction of sp³-hybridized carbons (Fsp3) is 0.600. The molecule has 0 saturated carbocycles. The van der Waals surface area contributed by atoms with E-state index < -0.39 is 0 Å². The van der Waals surface area contributed by atoms with E-state index in [4.69, 9.17) is 5.73 Å². The number of hydrogen-bond donors (Lipinski definition) is 2. The monoisotopic (exact) mass is 394 g/mol. The third kappa shape index (κ3) is 5.59. The minimum atomic E-state index is -0.121. The molecule has 2 atom stereocenters. The van der Waals surface area contributed by atoms with Gasteiger partial charge in [0.05, 0.1) is 5.92 Å². The van der Waals surface area contributed by atoms with Crippen LogP contribution in [0.15, 0.2) is 30.3 Å². The van der Waals surface area contributed by atoms with E-state index in [1.165, 1.54) is 0 Å². The Morgan fingerprint density at radius 3 is 2.37 bits per heavy atom. The SMILES string of the molecule is CC(N)C1CCN(C(=O)C2CCCN(C(=O)Nc3ccccc3)C2)CC1.Cl. The Balaban J connectivity index is 0.00000261. The lowest BCUT2D eigenvalue weighted by molar-refractivity contribution is -0.138. The minimum Gasteiger partial charge on any atom is -0.342 e. The van der Waals surface area contributed by atoms with E-state index in [1.54, 1.807) is 4.90 Å². The molecule has 2 saturated heterocycles. The summed E-state index contributed by atoms with van der Waals surface area (Å²) in [7, 11) is 0. The molecule has 3 rings (SSSR count). The topological polar surface area (TPSA) is 78.7 Å². The summed E-state index contributed by atoms with van der Waals surface area (Å²) in [5, 5.41) is 2.92. The number of nitrogens with one attached hydrogen (secondary N) is 1. The largest absolute Gasteiger partial charge is 0.342 e. The summed E-state index contributed by atoms with van der Waals surface area (Å²) in [4.78, 5) is 29.1. The van der Waals surface area contributed by atoms with E-state index in [9.17, 15) is 9.59 Å². The second-order valence-corrected chi connectivity index (χ2v) is 7.60. The molecule has 2 aliphatic rings. The lowest BCUT2D eigenvalue weighted by atomic mass is 9.89. The highest BCUT2D eigenvalue weighted by Gasteiger charge is 2.33. The molecule has 0 bridgehead atoms. The van der Waals surface area contributed by atoms with Gasteiger partial charge < -0.3 is 20.9 Å². The summed E-state index contributed by atoms with van der Waals surface area (Å²) >= 11 is 0. The van der Waals surface area contributed by atoms with Crippen LogP contribution in [-0.4, -0.2) is 54.0 Å². The van der Waals surface area contributed by atoms with Crippen LogP contribution in [0.1, 0.15) is 32.6 Å². The first-order valence-electron chi connectivity index (χ1n) is 9.70. The number of piperidine rings is 2. The van der Waals surface area contributed by atoms with Crippen molar-refractivity contribution in [2.75, 3.05) is 31.5 Å². The molecule has 1 aromatic rings. The van der Waals surface area contributed by atoms with Crippen molar-refractivity contribution in [3.05, 3.63) is 30.3 Å². The van der Waals surface area contributed by atoms with Gasteiger partial charge in [0.15, 0.2) is 0 Å². The number of carbonyl (C=O) groups excluding carboxylic acids is 2. The molecule has 0 spiro atoms. The number of para-hydroxylation sites is 1. The molecular weight excluding hydrogens is 364 g/mol. The van der Waals surface area contributed by atoms with E-state index in [2.05, 4.69) is 5.32 Å². The van der Waals surface area contributed by atoms with E-state index >= 15 is 0 Å². The Labute approximate surface area is 167 Å². The normalized spacial score (nSPS) is 21.9. The Morgan fingerprint density at radius 1 is 1.07 bits per heavy atom. The summed E-state index contributed by atoms with van der Waals surface area (Å²) in [5.41, 5.74) is 6.77. The molecule has 2 unspecified atom stereocenters. The van der Waals surface area contributed by atoms with E-state index in [0.29, 0.717) is 19.0 Å². The zero-order chi connectivity index (χ0) is 18.5. The van der Waals surface area contributed by atoms with Gasteiger partial charge in [0.2, 0.25) is 5.91 Å². The van der Waals surface area contributed by atoms with Crippen molar-refractivity contribution in [3.63, 3.8) is 0 Å². The highest BCUT2D eigenvalue weighted by molar-refractivity contribution is 5.90. The number of anilines is 1. The standard InChI is InChI=1S/C20H30N4O2.ClH/c1-15(21)16-9-12-23(13-10-16)19(25)17-6-5-11-24(14-17)20(26)22-18-7-3-2-4-8-18;/h2-4,7-8,15-17H,5-6,9-14,21H2,1H3,(H,22,26);1H. The summed E-state index contributed by atoms with van der Waals surface area (Å²) in [6.07, 6.45) is 3.69. The van der Waals surface area contributed by atoms with Crippen LogP contribution in [0.2, 0.25) is 0 Å². The van der Waals surface area contributed by atoms with Crippen molar-refractivity contribution in [2.24, 2.45) is 17.6 Å².